The summed E-state index contributed by atoms with van der Waals surface area (Å²) < 4.78 is 15.9. The third-order valence-corrected chi connectivity index (χ3v) is 6.33. The first-order valence-corrected chi connectivity index (χ1v) is 10.8. The monoisotopic (exact) mass is 436 g/mol. The number of likely N-dealkylation sites (tertiary alicyclic amines) is 1. The summed E-state index contributed by atoms with van der Waals surface area (Å²) in [5.74, 6) is -0.658. The van der Waals surface area contributed by atoms with Crippen molar-refractivity contribution in [3.63, 3.8) is 0 Å². The molecule has 2 aliphatic heterocycles. The SMILES string of the molecule is CC(C)(O)CC(=O)N1CC[C@H]2CN(c3cccc4c3cnn4-c3ccccc3F)C(=O)[C@H]21. The van der Waals surface area contributed by atoms with Gasteiger partial charge in [0.2, 0.25) is 11.8 Å². The number of aliphatic hydroxyl groups is 1. The van der Waals surface area contributed by atoms with E-state index in [0.29, 0.717) is 30.0 Å². The van der Waals surface area contributed by atoms with E-state index in [1.54, 1.807) is 48.0 Å². The van der Waals surface area contributed by atoms with Crippen molar-refractivity contribution in [1.82, 2.24) is 14.7 Å². The zero-order valence-electron chi connectivity index (χ0n) is 18.0. The Kier molecular flexibility index (Phi) is 4.78. The van der Waals surface area contributed by atoms with Gasteiger partial charge in [-0.3, -0.25) is 9.59 Å². The normalized spacial score (nSPS) is 20.9. The predicted octanol–water partition coefficient (Wildman–Crippen LogP) is 2.89. The topological polar surface area (TPSA) is 78.7 Å². The Hall–Kier alpha value is -3.26. The van der Waals surface area contributed by atoms with Crippen molar-refractivity contribution in [2.24, 2.45) is 5.92 Å². The Morgan fingerprint density at radius 1 is 1.19 bits per heavy atom. The summed E-state index contributed by atoms with van der Waals surface area (Å²) in [6, 6.07) is 11.4. The van der Waals surface area contributed by atoms with Crippen LogP contribution in [0.1, 0.15) is 26.7 Å². The number of carbonyl (C=O) groups is 2. The molecule has 3 heterocycles. The minimum absolute atomic E-state index is 0.0194. The van der Waals surface area contributed by atoms with Crippen molar-refractivity contribution in [2.45, 2.75) is 38.3 Å². The number of hydrogen-bond acceptors (Lipinski definition) is 4. The summed E-state index contributed by atoms with van der Waals surface area (Å²) in [7, 11) is 0. The van der Waals surface area contributed by atoms with Gasteiger partial charge in [-0.25, -0.2) is 9.07 Å². The van der Waals surface area contributed by atoms with E-state index in [0.717, 1.165) is 11.8 Å². The molecular weight excluding hydrogens is 411 g/mol. The highest BCUT2D eigenvalue weighted by Crippen LogP contribution is 2.38. The molecule has 32 heavy (non-hydrogen) atoms. The number of rotatable bonds is 4. The van der Waals surface area contributed by atoms with Gasteiger partial charge < -0.3 is 14.9 Å². The van der Waals surface area contributed by atoms with Gasteiger partial charge >= 0.3 is 0 Å². The second kappa shape index (κ2) is 7.41. The van der Waals surface area contributed by atoms with Crippen molar-refractivity contribution < 1.29 is 19.1 Å². The highest BCUT2D eigenvalue weighted by atomic mass is 19.1. The zero-order chi connectivity index (χ0) is 22.6. The minimum atomic E-state index is -1.12. The number of benzene rings is 2. The molecule has 1 N–H and O–H groups in total. The quantitative estimate of drug-likeness (QED) is 0.682. The Morgan fingerprint density at radius 2 is 1.94 bits per heavy atom. The van der Waals surface area contributed by atoms with Crippen molar-refractivity contribution in [3.8, 4) is 5.69 Å². The molecule has 0 bridgehead atoms. The van der Waals surface area contributed by atoms with Gasteiger partial charge in [0, 0.05) is 24.4 Å². The van der Waals surface area contributed by atoms with E-state index in [9.17, 15) is 19.1 Å². The smallest absolute Gasteiger partial charge is 0.250 e. The molecule has 2 aliphatic rings. The van der Waals surface area contributed by atoms with Gasteiger partial charge in [0.1, 0.15) is 17.5 Å². The molecule has 1 aromatic heterocycles. The Bertz CT molecular complexity index is 1220. The molecular formula is C24H25FN4O3. The highest BCUT2D eigenvalue weighted by molar-refractivity contribution is 6.08. The molecule has 0 unspecified atom stereocenters. The number of aromatic nitrogens is 2. The van der Waals surface area contributed by atoms with Crippen LogP contribution < -0.4 is 4.90 Å². The van der Waals surface area contributed by atoms with Gasteiger partial charge in [-0.2, -0.15) is 5.10 Å². The van der Waals surface area contributed by atoms with Crippen LogP contribution in [0.3, 0.4) is 0 Å². The second-order valence-electron chi connectivity index (χ2n) is 9.24. The first kappa shape index (κ1) is 20.6. The highest BCUT2D eigenvalue weighted by Gasteiger charge is 2.50. The molecule has 0 aliphatic carbocycles. The molecule has 0 saturated carbocycles. The lowest BCUT2D eigenvalue weighted by Gasteiger charge is -2.27. The standard InChI is InChI=1S/C24H25FN4O3/c1-24(2,32)12-21(30)27-11-10-15-14-28(23(31)22(15)27)18-8-5-9-19-16(18)13-26-29(19)20-7-4-3-6-17(20)25/h3-9,13,15,22,32H,10-12,14H2,1-2H3/t15-,22-/m0/s1. The van der Waals surface area contributed by atoms with Crippen LogP contribution >= 0.6 is 0 Å². The van der Waals surface area contributed by atoms with E-state index in [2.05, 4.69) is 5.10 Å². The van der Waals surface area contributed by atoms with Crippen molar-refractivity contribution in [2.75, 3.05) is 18.0 Å². The van der Waals surface area contributed by atoms with Gasteiger partial charge in [0.25, 0.3) is 0 Å². The van der Waals surface area contributed by atoms with Gasteiger partial charge in [0.15, 0.2) is 0 Å². The molecule has 166 valence electrons. The number of anilines is 1. The van der Waals surface area contributed by atoms with Gasteiger partial charge in [-0.05, 0) is 44.5 Å². The lowest BCUT2D eigenvalue weighted by molar-refractivity contribution is -0.140. The van der Waals surface area contributed by atoms with Gasteiger partial charge in [0.05, 0.1) is 29.4 Å². The van der Waals surface area contributed by atoms with E-state index >= 15 is 0 Å². The van der Waals surface area contributed by atoms with Gasteiger partial charge in [-0.1, -0.05) is 18.2 Å². The van der Waals surface area contributed by atoms with Crippen LogP contribution in [0, 0.1) is 11.7 Å². The lowest BCUT2D eigenvalue weighted by Crippen LogP contribution is -2.45. The first-order valence-electron chi connectivity index (χ1n) is 10.8. The maximum Gasteiger partial charge on any atom is 0.250 e. The molecule has 8 heteroatoms. The van der Waals surface area contributed by atoms with Crippen molar-refractivity contribution in [1.29, 1.82) is 0 Å². The Labute approximate surface area is 185 Å². The second-order valence-corrected chi connectivity index (χ2v) is 9.24. The van der Waals surface area contributed by atoms with Crippen LogP contribution in [0.25, 0.3) is 16.6 Å². The number of fused-ring (bicyclic) bond motifs is 2. The maximum absolute atomic E-state index is 14.4. The van der Waals surface area contributed by atoms with E-state index < -0.39 is 11.6 Å². The largest absolute Gasteiger partial charge is 0.390 e. The molecule has 0 radical (unpaired) electrons. The summed E-state index contributed by atoms with van der Waals surface area (Å²) in [5, 5.41) is 15.2. The molecule has 2 atom stereocenters. The van der Waals surface area contributed by atoms with E-state index in [4.69, 9.17) is 0 Å². The maximum atomic E-state index is 14.4. The van der Waals surface area contributed by atoms with E-state index in [-0.39, 0.29) is 30.0 Å². The molecule has 2 saturated heterocycles. The third kappa shape index (κ3) is 3.35. The number of nitrogens with zero attached hydrogens (tertiary/aromatic N) is 4. The van der Waals surface area contributed by atoms with E-state index in [1.807, 2.05) is 18.2 Å². The Morgan fingerprint density at radius 3 is 2.69 bits per heavy atom. The van der Waals surface area contributed by atoms with Crippen LogP contribution in [0.15, 0.2) is 48.7 Å². The fraction of sp³-hybridized carbons (Fsp3) is 0.375. The van der Waals surface area contributed by atoms with Gasteiger partial charge in [-0.15, -0.1) is 0 Å². The average molecular weight is 436 g/mol. The summed E-state index contributed by atoms with van der Waals surface area (Å²) in [6.45, 7) is 4.23. The molecule has 2 fully saturated rings. The predicted molar refractivity (Wildman–Crippen MR) is 118 cm³/mol. The van der Waals surface area contributed by atoms with Crippen LogP contribution in [0.5, 0.6) is 0 Å². The zero-order valence-corrected chi connectivity index (χ0v) is 18.0. The molecule has 7 nitrogen and oxygen atoms in total. The van der Waals surface area contributed by atoms with Crippen LogP contribution in [-0.4, -0.2) is 56.3 Å². The summed E-state index contributed by atoms with van der Waals surface area (Å²) in [6.07, 6.45) is 2.37. The molecule has 3 aromatic rings. The first-order chi connectivity index (χ1) is 15.2. The number of halogens is 1. The molecule has 0 spiro atoms. The average Bonchev–Trinajstić information content (AvgIpc) is 3.42. The number of carbonyl (C=O) groups excluding carboxylic acids is 2. The van der Waals surface area contributed by atoms with Crippen LogP contribution in [-0.2, 0) is 9.59 Å². The van der Waals surface area contributed by atoms with Crippen molar-refractivity contribution in [3.05, 3.63) is 54.5 Å². The lowest BCUT2D eigenvalue weighted by atomic mass is 10.0. The number of para-hydroxylation sites is 1. The molecule has 5 rings (SSSR count). The Balaban J connectivity index is 1.48. The minimum Gasteiger partial charge on any atom is -0.390 e. The summed E-state index contributed by atoms with van der Waals surface area (Å²) in [4.78, 5) is 29.5. The van der Waals surface area contributed by atoms with Crippen LogP contribution in [0.4, 0.5) is 10.1 Å². The molecule has 2 amide bonds. The summed E-state index contributed by atoms with van der Waals surface area (Å²) in [5.41, 5.74) is 0.628. The van der Waals surface area contributed by atoms with Crippen LogP contribution in [0.2, 0.25) is 0 Å². The number of amides is 2. The van der Waals surface area contributed by atoms with Crippen molar-refractivity contribution >= 4 is 28.4 Å². The summed E-state index contributed by atoms with van der Waals surface area (Å²) >= 11 is 0. The molecule has 2 aromatic carbocycles. The third-order valence-electron chi connectivity index (χ3n) is 6.33. The number of hydrogen-bond donors (Lipinski definition) is 1. The van der Waals surface area contributed by atoms with E-state index in [1.165, 1.54) is 10.7 Å². The fourth-order valence-electron chi connectivity index (χ4n) is 4.92. The fourth-order valence-corrected chi connectivity index (χ4v) is 4.92.